The van der Waals surface area contributed by atoms with Gasteiger partial charge in [-0.2, -0.15) is 0 Å². The Morgan fingerprint density at radius 1 is 1.11 bits per heavy atom. The van der Waals surface area contributed by atoms with Gasteiger partial charge in [-0.25, -0.2) is 9.78 Å². The van der Waals surface area contributed by atoms with E-state index < -0.39 is 0 Å². The molecule has 0 bridgehead atoms. The molecule has 138 valence electrons. The number of urea groups is 1. The SMILES string of the molecule is Cc1cccc(NC(=O)Nc2nc(CC(=O)NCc3ccncc3)cs2)c1. The number of carbonyl (C=O) groups excluding carboxylic acids is 2. The van der Waals surface area contributed by atoms with Gasteiger partial charge in [0.15, 0.2) is 5.13 Å². The molecule has 3 N–H and O–H groups in total. The lowest BCUT2D eigenvalue weighted by Gasteiger charge is -2.06. The summed E-state index contributed by atoms with van der Waals surface area (Å²) in [6.07, 6.45) is 3.52. The summed E-state index contributed by atoms with van der Waals surface area (Å²) < 4.78 is 0. The van der Waals surface area contributed by atoms with Gasteiger partial charge in [0.1, 0.15) is 0 Å². The molecule has 0 saturated heterocycles. The first-order valence-corrected chi connectivity index (χ1v) is 9.21. The molecule has 0 aliphatic rings. The van der Waals surface area contributed by atoms with Crippen molar-refractivity contribution in [1.82, 2.24) is 15.3 Å². The normalized spacial score (nSPS) is 10.3. The molecule has 0 fully saturated rings. The summed E-state index contributed by atoms with van der Waals surface area (Å²) in [5.41, 5.74) is 3.35. The molecule has 0 saturated carbocycles. The number of nitrogens with zero attached hydrogens (tertiary/aromatic N) is 2. The predicted molar refractivity (Wildman–Crippen MR) is 106 cm³/mol. The fraction of sp³-hybridized carbons (Fsp3) is 0.158. The second kappa shape index (κ2) is 8.91. The van der Waals surface area contributed by atoms with E-state index in [2.05, 4.69) is 25.9 Å². The van der Waals surface area contributed by atoms with Crippen molar-refractivity contribution in [2.75, 3.05) is 10.6 Å². The van der Waals surface area contributed by atoms with Crippen LogP contribution in [0.5, 0.6) is 0 Å². The largest absolute Gasteiger partial charge is 0.352 e. The molecule has 27 heavy (non-hydrogen) atoms. The van der Waals surface area contributed by atoms with Crippen LogP contribution in [0, 0.1) is 6.92 Å². The van der Waals surface area contributed by atoms with Crippen LogP contribution >= 0.6 is 11.3 Å². The lowest BCUT2D eigenvalue weighted by atomic mass is 10.2. The van der Waals surface area contributed by atoms with Crippen molar-refractivity contribution in [2.24, 2.45) is 0 Å². The van der Waals surface area contributed by atoms with Crippen LogP contribution in [0.1, 0.15) is 16.8 Å². The number of hydrogen-bond acceptors (Lipinski definition) is 5. The molecule has 0 radical (unpaired) electrons. The van der Waals surface area contributed by atoms with Crippen LogP contribution in [0.15, 0.2) is 54.2 Å². The first-order chi connectivity index (χ1) is 13.1. The number of hydrogen-bond donors (Lipinski definition) is 3. The van der Waals surface area contributed by atoms with E-state index in [4.69, 9.17) is 0 Å². The molecule has 7 nitrogen and oxygen atoms in total. The van der Waals surface area contributed by atoms with Crippen molar-refractivity contribution in [2.45, 2.75) is 19.9 Å². The summed E-state index contributed by atoms with van der Waals surface area (Å²) in [6.45, 7) is 2.39. The minimum atomic E-state index is -0.372. The molecular formula is C19H19N5O2S. The van der Waals surface area contributed by atoms with Crippen molar-refractivity contribution in [3.05, 3.63) is 71.0 Å². The Morgan fingerprint density at radius 3 is 2.70 bits per heavy atom. The van der Waals surface area contributed by atoms with E-state index in [9.17, 15) is 9.59 Å². The average Bonchev–Trinajstić information content (AvgIpc) is 3.07. The Kier molecular flexibility index (Phi) is 6.11. The second-order valence-electron chi connectivity index (χ2n) is 5.90. The first-order valence-electron chi connectivity index (χ1n) is 8.33. The van der Waals surface area contributed by atoms with Gasteiger partial charge in [0.05, 0.1) is 12.1 Å². The van der Waals surface area contributed by atoms with E-state index in [-0.39, 0.29) is 18.4 Å². The Balaban J connectivity index is 1.47. The highest BCUT2D eigenvalue weighted by atomic mass is 32.1. The Bertz CT molecular complexity index is 927. The Morgan fingerprint density at radius 2 is 1.93 bits per heavy atom. The first kappa shape index (κ1) is 18.5. The Labute approximate surface area is 160 Å². The summed E-state index contributed by atoms with van der Waals surface area (Å²) in [7, 11) is 0. The van der Waals surface area contributed by atoms with Crippen LogP contribution in [0.3, 0.4) is 0 Å². The van der Waals surface area contributed by atoms with Crippen molar-refractivity contribution in [3.63, 3.8) is 0 Å². The number of nitrogens with one attached hydrogen (secondary N) is 3. The number of anilines is 2. The van der Waals surface area contributed by atoms with E-state index in [0.717, 1.165) is 11.1 Å². The highest BCUT2D eigenvalue weighted by molar-refractivity contribution is 7.14. The van der Waals surface area contributed by atoms with E-state index in [0.29, 0.717) is 23.1 Å². The van der Waals surface area contributed by atoms with Crippen LogP contribution in [0.25, 0.3) is 0 Å². The number of rotatable bonds is 6. The maximum atomic E-state index is 12.0. The van der Waals surface area contributed by atoms with E-state index in [1.165, 1.54) is 11.3 Å². The van der Waals surface area contributed by atoms with Crippen LogP contribution in [-0.2, 0) is 17.8 Å². The van der Waals surface area contributed by atoms with Gasteiger partial charge in [0.2, 0.25) is 5.91 Å². The van der Waals surface area contributed by atoms with Gasteiger partial charge in [0, 0.05) is 30.0 Å². The molecule has 0 aliphatic carbocycles. The van der Waals surface area contributed by atoms with E-state index >= 15 is 0 Å². The highest BCUT2D eigenvalue weighted by Crippen LogP contribution is 2.17. The highest BCUT2D eigenvalue weighted by Gasteiger charge is 2.10. The van der Waals surface area contributed by atoms with Gasteiger partial charge in [0.25, 0.3) is 0 Å². The molecule has 0 aliphatic heterocycles. The minimum absolute atomic E-state index is 0.132. The van der Waals surface area contributed by atoms with Crippen molar-refractivity contribution in [3.8, 4) is 0 Å². The molecule has 2 heterocycles. The number of pyridine rings is 1. The fourth-order valence-electron chi connectivity index (χ4n) is 2.36. The zero-order valence-electron chi connectivity index (χ0n) is 14.7. The topological polar surface area (TPSA) is 96.0 Å². The van der Waals surface area contributed by atoms with Gasteiger partial charge in [-0.1, -0.05) is 12.1 Å². The molecule has 0 unspecified atom stereocenters. The van der Waals surface area contributed by atoms with E-state index in [1.54, 1.807) is 17.8 Å². The number of aryl methyl sites for hydroxylation is 1. The summed E-state index contributed by atoms with van der Waals surface area (Å²) in [6, 6.07) is 10.8. The van der Waals surface area contributed by atoms with Crippen molar-refractivity contribution >= 4 is 34.1 Å². The average molecular weight is 381 g/mol. The third-order valence-electron chi connectivity index (χ3n) is 3.63. The molecule has 2 aromatic heterocycles. The summed E-state index contributed by atoms with van der Waals surface area (Å²) in [5.74, 6) is -0.132. The van der Waals surface area contributed by atoms with Gasteiger partial charge in [-0.05, 0) is 42.3 Å². The van der Waals surface area contributed by atoms with Gasteiger partial charge in [-0.3, -0.25) is 15.1 Å². The monoisotopic (exact) mass is 381 g/mol. The van der Waals surface area contributed by atoms with Crippen LogP contribution in [-0.4, -0.2) is 21.9 Å². The molecule has 3 aromatic rings. The molecule has 1 aromatic carbocycles. The summed E-state index contributed by atoms with van der Waals surface area (Å²) in [4.78, 5) is 32.3. The maximum Gasteiger partial charge on any atom is 0.325 e. The number of thiazole rings is 1. The number of aromatic nitrogens is 2. The van der Waals surface area contributed by atoms with Crippen molar-refractivity contribution < 1.29 is 9.59 Å². The third-order valence-corrected chi connectivity index (χ3v) is 4.44. The number of benzene rings is 1. The van der Waals surface area contributed by atoms with Crippen LogP contribution in [0.4, 0.5) is 15.6 Å². The van der Waals surface area contributed by atoms with Crippen LogP contribution in [0.2, 0.25) is 0 Å². The minimum Gasteiger partial charge on any atom is -0.352 e. The van der Waals surface area contributed by atoms with Gasteiger partial charge < -0.3 is 10.6 Å². The second-order valence-corrected chi connectivity index (χ2v) is 6.76. The molecule has 8 heteroatoms. The van der Waals surface area contributed by atoms with Crippen LogP contribution < -0.4 is 16.0 Å². The molecular weight excluding hydrogens is 362 g/mol. The lowest BCUT2D eigenvalue weighted by Crippen LogP contribution is -2.24. The predicted octanol–water partition coefficient (Wildman–Crippen LogP) is 3.35. The van der Waals surface area contributed by atoms with Crippen molar-refractivity contribution in [1.29, 1.82) is 0 Å². The lowest BCUT2D eigenvalue weighted by molar-refractivity contribution is -0.120. The standard InChI is InChI=1S/C19H19N5O2S/c1-13-3-2-4-15(9-13)22-18(26)24-19-23-16(12-27-19)10-17(25)21-11-14-5-7-20-8-6-14/h2-9,12H,10-11H2,1H3,(H,21,25)(H2,22,23,24,26). The Hall–Kier alpha value is -3.26. The third kappa shape index (κ3) is 5.89. The fourth-order valence-corrected chi connectivity index (χ4v) is 3.06. The van der Waals surface area contributed by atoms with Gasteiger partial charge in [-0.15, -0.1) is 11.3 Å². The van der Waals surface area contributed by atoms with Gasteiger partial charge >= 0.3 is 6.03 Å². The number of carbonyl (C=O) groups is 2. The zero-order valence-corrected chi connectivity index (χ0v) is 15.5. The van der Waals surface area contributed by atoms with E-state index in [1.807, 2.05) is 43.3 Å². The maximum absolute atomic E-state index is 12.0. The number of amides is 3. The smallest absolute Gasteiger partial charge is 0.325 e. The molecule has 3 rings (SSSR count). The summed E-state index contributed by atoms with van der Waals surface area (Å²) in [5, 5.41) is 10.5. The zero-order chi connectivity index (χ0) is 19.1. The molecule has 0 atom stereocenters. The summed E-state index contributed by atoms with van der Waals surface area (Å²) >= 11 is 1.28. The molecule has 0 spiro atoms. The molecule has 3 amide bonds. The quantitative estimate of drug-likeness (QED) is 0.610.